The number of hydrogen-bond acceptors (Lipinski definition) is 6. The first kappa shape index (κ1) is 23.1. The smallest absolute Gasteiger partial charge is 0.223 e. The number of rotatable bonds is 8. The van der Waals surface area contributed by atoms with Crippen molar-refractivity contribution in [2.75, 3.05) is 26.2 Å². The highest BCUT2D eigenvalue weighted by Crippen LogP contribution is 2.45. The molecule has 0 saturated heterocycles. The Kier molecular flexibility index (Phi) is 8.82. The summed E-state index contributed by atoms with van der Waals surface area (Å²) in [6, 6.07) is 13.0. The highest BCUT2D eigenvalue weighted by Gasteiger charge is 2.27. The second-order valence-electron chi connectivity index (χ2n) is 7.13. The van der Waals surface area contributed by atoms with Gasteiger partial charge in [0.25, 0.3) is 0 Å². The number of thioether (sulfide) groups is 1. The van der Waals surface area contributed by atoms with Crippen LogP contribution >= 0.6 is 11.8 Å². The average molecular weight is 417 g/mol. The van der Waals surface area contributed by atoms with Crippen molar-refractivity contribution < 1.29 is 9.53 Å². The summed E-state index contributed by atoms with van der Waals surface area (Å²) < 4.78 is 5.55. The minimum atomic E-state index is 0.528. The third-order valence-electron chi connectivity index (χ3n) is 4.76. The van der Waals surface area contributed by atoms with Gasteiger partial charge in [0, 0.05) is 24.7 Å². The number of nitrogens with zero attached hydrogens (tertiary/aromatic N) is 2. The van der Waals surface area contributed by atoms with E-state index in [4.69, 9.17) is 16.4 Å². The van der Waals surface area contributed by atoms with Crippen LogP contribution in [-0.4, -0.2) is 32.6 Å². The van der Waals surface area contributed by atoms with Gasteiger partial charge in [-0.3, -0.25) is 9.80 Å². The standard InChI is InChI=1S/C20H26N2OS.C2H6N2O/c1-4-14-8-11-19(23-3)20(12-14)24-13-17-16(15-9-10-15)6-5-7-18(17)22(2)21;1-4(3)2-5/h5-8,11-12,15H,4,9-10,13,21H2,1-3H3;2H,3H2,1H3. The van der Waals surface area contributed by atoms with Gasteiger partial charge in [-0.2, -0.15) is 0 Å². The fourth-order valence-corrected chi connectivity index (χ4v) is 4.20. The van der Waals surface area contributed by atoms with Crippen LogP contribution in [0.2, 0.25) is 0 Å². The fraction of sp³-hybridized carbons (Fsp3) is 0.409. The highest BCUT2D eigenvalue weighted by atomic mass is 32.2. The Hall–Kier alpha value is -2.22. The molecule has 0 aromatic heterocycles. The van der Waals surface area contributed by atoms with Crippen LogP contribution in [0.3, 0.4) is 0 Å². The molecule has 0 spiro atoms. The Morgan fingerprint density at radius 2 is 1.90 bits per heavy atom. The maximum Gasteiger partial charge on any atom is 0.223 e. The van der Waals surface area contributed by atoms with E-state index in [0.717, 1.165) is 28.6 Å². The summed E-state index contributed by atoms with van der Waals surface area (Å²) in [6.45, 7) is 2.18. The predicted octanol–water partition coefficient (Wildman–Crippen LogP) is 3.69. The second-order valence-corrected chi connectivity index (χ2v) is 8.15. The lowest BCUT2D eigenvalue weighted by atomic mass is 10.0. The van der Waals surface area contributed by atoms with Crippen LogP contribution in [0.15, 0.2) is 41.3 Å². The molecule has 0 atom stereocenters. The van der Waals surface area contributed by atoms with Crippen molar-refractivity contribution in [1.82, 2.24) is 5.01 Å². The number of benzene rings is 2. The molecule has 158 valence electrons. The van der Waals surface area contributed by atoms with Gasteiger partial charge in [-0.15, -0.1) is 11.8 Å². The molecular formula is C22H32N4O2S. The van der Waals surface area contributed by atoms with Crippen molar-refractivity contribution >= 4 is 23.9 Å². The quantitative estimate of drug-likeness (QED) is 0.224. The molecule has 0 bridgehead atoms. The van der Waals surface area contributed by atoms with Crippen molar-refractivity contribution in [3.05, 3.63) is 53.1 Å². The Morgan fingerprint density at radius 1 is 1.21 bits per heavy atom. The molecule has 0 unspecified atom stereocenters. The van der Waals surface area contributed by atoms with E-state index >= 15 is 0 Å². The zero-order valence-corrected chi connectivity index (χ0v) is 18.5. The van der Waals surface area contributed by atoms with Gasteiger partial charge in [-0.25, -0.2) is 11.7 Å². The number of anilines is 1. The predicted molar refractivity (Wildman–Crippen MR) is 121 cm³/mol. The lowest BCUT2D eigenvalue weighted by Gasteiger charge is -2.20. The molecule has 7 heteroatoms. The molecule has 0 aliphatic heterocycles. The second kappa shape index (κ2) is 11.1. The number of nitrogens with two attached hydrogens (primary N) is 2. The van der Waals surface area contributed by atoms with Crippen LogP contribution in [0, 0.1) is 0 Å². The Morgan fingerprint density at radius 3 is 2.41 bits per heavy atom. The summed E-state index contributed by atoms with van der Waals surface area (Å²) >= 11 is 1.84. The van der Waals surface area contributed by atoms with Crippen LogP contribution in [0.1, 0.15) is 42.4 Å². The number of amides is 1. The first-order chi connectivity index (χ1) is 13.9. The number of hydrogen-bond donors (Lipinski definition) is 2. The van der Waals surface area contributed by atoms with E-state index in [-0.39, 0.29) is 0 Å². The number of ether oxygens (including phenoxy) is 1. The number of carbonyl (C=O) groups is 1. The molecule has 0 heterocycles. The van der Waals surface area contributed by atoms with Crippen LogP contribution in [0.25, 0.3) is 0 Å². The van der Waals surface area contributed by atoms with Gasteiger partial charge < -0.3 is 9.75 Å². The van der Waals surface area contributed by atoms with Gasteiger partial charge >= 0.3 is 0 Å². The van der Waals surface area contributed by atoms with E-state index in [2.05, 4.69) is 43.3 Å². The SMILES string of the molecule is CCc1ccc(OC)c(SCc2c(C3CC3)cccc2N(C)N)c1.CN(N)C=O. The number of hydrazine groups is 2. The zero-order chi connectivity index (χ0) is 21.4. The maximum absolute atomic E-state index is 9.31. The lowest BCUT2D eigenvalue weighted by Crippen LogP contribution is -2.26. The molecule has 1 aliphatic carbocycles. The van der Waals surface area contributed by atoms with Crippen molar-refractivity contribution in [1.29, 1.82) is 0 Å². The number of aryl methyl sites for hydroxylation is 1. The monoisotopic (exact) mass is 416 g/mol. The van der Waals surface area contributed by atoms with Crippen molar-refractivity contribution in [2.24, 2.45) is 11.7 Å². The maximum atomic E-state index is 9.31. The van der Waals surface area contributed by atoms with Crippen LogP contribution in [-0.2, 0) is 17.0 Å². The molecule has 2 aromatic carbocycles. The van der Waals surface area contributed by atoms with Crippen molar-refractivity contribution in [2.45, 2.75) is 42.8 Å². The molecule has 1 fully saturated rings. The Labute approximate surface area is 178 Å². The molecule has 1 aliphatic rings. The van der Waals surface area contributed by atoms with Crippen LogP contribution < -0.4 is 21.4 Å². The molecule has 1 amide bonds. The van der Waals surface area contributed by atoms with E-state index in [1.807, 2.05) is 18.8 Å². The first-order valence-corrected chi connectivity index (χ1v) is 10.7. The van der Waals surface area contributed by atoms with Gasteiger partial charge in [0.1, 0.15) is 5.75 Å². The van der Waals surface area contributed by atoms with Crippen molar-refractivity contribution in [3.63, 3.8) is 0 Å². The molecule has 3 rings (SSSR count). The van der Waals surface area contributed by atoms with E-state index in [1.54, 1.807) is 12.1 Å². The summed E-state index contributed by atoms with van der Waals surface area (Å²) in [5.74, 6) is 13.4. The normalized spacial score (nSPS) is 12.6. The van der Waals surface area contributed by atoms with Gasteiger partial charge in [0.15, 0.2) is 0 Å². The highest BCUT2D eigenvalue weighted by molar-refractivity contribution is 7.98. The van der Waals surface area contributed by atoms with E-state index in [9.17, 15) is 4.79 Å². The molecular weight excluding hydrogens is 384 g/mol. The summed E-state index contributed by atoms with van der Waals surface area (Å²) in [4.78, 5) is 10.5. The Bertz CT molecular complexity index is 787. The fourth-order valence-electron chi connectivity index (χ4n) is 3.06. The van der Waals surface area contributed by atoms with Gasteiger partial charge in [-0.05, 0) is 60.1 Å². The molecule has 2 aromatic rings. The van der Waals surface area contributed by atoms with Crippen molar-refractivity contribution in [3.8, 4) is 5.75 Å². The minimum absolute atomic E-state index is 0.528. The summed E-state index contributed by atoms with van der Waals surface area (Å²) in [5.41, 5.74) is 5.28. The average Bonchev–Trinajstić information content (AvgIpc) is 3.57. The van der Waals surface area contributed by atoms with E-state index in [0.29, 0.717) is 12.3 Å². The summed E-state index contributed by atoms with van der Waals surface area (Å²) in [6.07, 6.45) is 4.15. The molecule has 1 saturated carbocycles. The zero-order valence-electron chi connectivity index (χ0n) is 17.7. The topological polar surface area (TPSA) is 84.8 Å². The van der Waals surface area contributed by atoms with Gasteiger partial charge in [0.05, 0.1) is 12.8 Å². The van der Waals surface area contributed by atoms with E-state index < -0.39 is 0 Å². The van der Waals surface area contributed by atoms with Crippen LogP contribution in [0.5, 0.6) is 5.75 Å². The number of carbonyl (C=O) groups excluding carboxylic acids is 1. The minimum Gasteiger partial charge on any atom is -0.496 e. The molecule has 0 radical (unpaired) electrons. The molecule has 6 nitrogen and oxygen atoms in total. The summed E-state index contributed by atoms with van der Waals surface area (Å²) in [5, 5.41) is 2.68. The molecule has 4 N–H and O–H groups in total. The van der Waals surface area contributed by atoms with Gasteiger partial charge in [0.2, 0.25) is 6.41 Å². The third kappa shape index (κ3) is 6.66. The lowest BCUT2D eigenvalue weighted by molar-refractivity contribution is -0.117. The Balaban J connectivity index is 0.000000537. The summed E-state index contributed by atoms with van der Waals surface area (Å²) in [7, 11) is 5.12. The largest absolute Gasteiger partial charge is 0.496 e. The van der Waals surface area contributed by atoms with Gasteiger partial charge in [-0.1, -0.05) is 25.1 Å². The number of methoxy groups -OCH3 is 1. The first-order valence-electron chi connectivity index (χ1n) is 9.73. The third-order valence-corrected chi connectivity index (χ3v) is 5.82. The molecule has 29 heavy (non-hydrogen) atoms. The van der Waals surface area contributed by atoms with E-state index in [1.165, 1.54) is 41.5 Å². The van der Waals surface area contributed by atoms with Crippen LogP contribution in [0.4, 0.5) is 5.69 Å².